The van der Waals surface area contributed by atoms with Crippen molar-refractivity contribution in [2.45, 2.75) is 9.79 Å². The third-order valence-electron chi connectivity index (χ3n) is 8.72. The van der Waals surface area contributed by atoms with Crippen LogP contribution in [0.4, 0.5) is 17.1 Å². The fourth-order valence-corrected chi connectivity index (χ4v) is 7.55. The molecule has 4 heteroatoms. The van der Waals surface area contributed by atoms with Crippen LogP contribution in [0.1, 0.15) is 0 Å². The average Bonchev–Trinajstić information content (AvgIpc) is 3.13. The first-order valence-corrected chi connectivity index (χ1v) is 16.2. The van der Waals surface area contributed by atoms with Crippen LogP contribution in [-0.2, 0) is 0 Å². The maximum absolute atomic E-state index is 4.69. The minimum Gasteiger partial charge on any atom is -0.308 e. The van der Waals surface area contributed by atoms with E-state index >= 15 is 0 Å². The highest BCUT2D eigenvalue weighted by Gasteiger charge is 2.24. The van der Waals surface area contributed by atoms with Crippen LogP contribution in [0.2, 0.25) is 0 Å². The second kappa shape index (κ2) is 11.0. The predicted octanol–water partition coefficient (Wildman–Crippen LogP) is 11.7. The molecule has 9 rings (SSSR count). The number of anilines is 3. The van der Waals surface area contributed by atoms with Crippen LogP contribution in [0.5, 0.6) is 0 Å². The van der Waals surface area contributed by atoms with Crippen molar-refractivity contribution >= 4 is 50.6 Å². The van der Waals surface area contributed by atoms with Gasteiger partial charge in [0.05, 0.1) is 22.4 Å². The maximum atomic E-state index is 4.69. The first kappa shape index (κ1) is 26.7. The topological polar surface area (TPSA) is 29.0 Å². The van der Waals surface area contributed by atoms with Gasteiger partial charge in [-0.2, -0.15) is 0 Å². The Morgan fingerprint density at radius 2 is 1.00 bits per heavy atom. The second-order valence-electron chi connectivity index (χ2n) is 11.5. The summed E-state index contributed by atoms with van der Waals surface area (Å²) >= 11 is 1.83. The number of hydrogen-bond donors (Lipinski definition) is 0. The summed E-state index contributed by atoms with van der Waals surface area (Å²) in [5.41, 5.74) is 12.4. The lowest BCUT2D eigenvalue weighted by Crippen LogP contribution is -2.14. The second-order valence-corrected chi connectivity index (χ2v) is 12.6. The highest BCUT2D eigenvalue weighted by Crippen LogP contribution is 2.51. The van der Waals surface area contributed by atoms with E-state index in [9.17, 15) is 0 Å². The van der Waals surface area contributed by atoms with Crippen LogP contribution in [0, 0.1) is 0 Å². The van der Waals surface area contributed by atoms with Gasteiger partial charge in [-0.05, 0) is 100 Å². The monoisotopic (exact) mass is 605 g/mol. The highest BCUT2D eigenvalue weighted by atomic mass is 32.2. The molecule has 1 aliphatic rings. The molecule has 1 aliphatic heterocycles. The lowest BCUT2D eigenvalue weighted by atomic mass is 9.90. The number of hydrogen-bond acceptors (Lipinski definition) is 4. The lowest BCUT2D eigenvalue weighted by Gasteiger charge is -2.33. The number of fused-ring (bicyclic) bond motifs is 4. The first-order chi connectivity index (χ1) is 22.8. The smallest absolute Gasteiger partial charge is 0.0708 e. The molecular formula is C42H27N3S. The number of para-hydroxylation sites is 2. The molecule has 3 nitrogen and oxygen atoms in total. The summed E-state index contributed by atoms with van der Waals surface area (Å²) in [7, 11) is 0. The molecule has 0 N–H and O–H groups in total. The normalized spacial score (nSPS) is 12.2. The van der Waals surface area contributed by atoms with Gasteiger partial charge in [-0.1, -0.05) is 96.7 Å². The Bertz CT molecular complexity index is 2390. The average molecular weight is 606 g/mol. The van der Waals surface area contributed by atoms with Gasteiger partial charge in [-0.3, -0.25) is 9.97 Å². The van der Waals surface area contributed by atoms with Crippen molar-refractivity contribution < 1.29 is 0 Å². The summed E-state index contributed by atoms with van der Waals surface area (Å²) in [4.78, 5) is 14.2. The molecule has 216 valence electrons. The van der Waals surface area contributed by atoms with Gasteiger partial charge in [-0.25, -0.2) is 0 Å². The lowest BCUT2D eigenvalue weighted by molar-refractivity contribution is 1.17. The van der Waals surface area contributed by atoms with E-state index < -0.39 is 0 Å². The summed E-state index contributed by atoms with van der Waals surface area (Å²) in [6.45, 7) is 0. The number of pyridine rings is 2. The summed E-state index contributed by atoms with van der Waals surface area (Å²) in [5, 5.41) is 2.27. The van der Waals surface area contributed by atoms with Crippen LogP contribution in [0.25, 0.3) is 55.2 Å². The van der Waals surface area contributed by atoms with Crippen LogP contribution in [0.3, 0.4) is 0 Å². The van der Waals surface area contributed by atoms with Crippen LogP contribution in [0.15, 0.2) is 174 Å². The molecule has 0 fully saturated rings. The van der Waals surface area contributed by atoms with Gasteiger partial charge in [0.25, 0.3) is 0 Å². The zero-order valence-corrected chi connectivity index (χ0v) is 25.7. The summed E-state index contributed by atoms with van der Waals surface area (Å²) in [6.07, 6.45) is 3.72. The minimum absolute atomic E-state index is 0.985. The van der Waals surface area contributed by atoms with Crippen molar-refractivity contribution in [3.8, 4) is 33.4 Å². The molecule has 0 saturated heterocycles. The number of nitrogens with zero attached hydrogens (tertiary/aromatic N) is 3. The fraction of sp³-hybridized carbons (Fsp3) is 0. The van der Waals surface area contributed by atoms with E-state index in [1.54, 1.807) is 0 Å². The molecular weight excluding hydrogens is 579 g/mol. The molecule has 2 aromatic heterocycles. The predicted molar refractivity (Wildman–Crippen MR) is 192 cm³/mol. The molecule has 0 radical (unpaired) electrons. The van der Waals surface area contributed by atoms with Crippen molar-refractivity contribution in [2.24, 2.45) is 0 Å². The van der Waals surface area contributed by atoms with E-state index in [0.29, 0.717) is 0 Å². The molecule has 8 aromatic rings. The highest BCUT2D eigenvalue weighted by molar-refractivity contribution is 7.99. The number of aromatic nitrogens is 2. The Balaban J connectivity index is 1.22. The van der Waals surface area contributed by atoms with E-state index in [4.69, 9.17) is 0 Å². The molecule has 0 saturated carbocycles. The van der Waals surface area contributed by atoms with E-state index in [1.807, 2.05) is 36.3 Å². The zero-order valence-electron chi connectivity index (χ0n) is 24.8. The third-order valence-corrected chi connectivity index (χ3v) is 9.85. The third kappa shape index (κ3) is 4.63. The van der Waals surface area contributed by atoms with Crippen molar-refractivity contribution in [2.75, 3.05) is 4.90 Å². The molecule has 6 aromatic carbocycles. The molecule has 0 spiro atoms. The van der Waals surface area contributed by atoms with Crippen LogP contribution < -0.4 is 4.90 Å². The van der Waals surface area contributed by atoms with Crippen molar-refractivity contribution in [3.63, 3.8) is 0 Å². The van der Waals surface area contributed by atoms with Crippen LogP contribution >= 0.6 is 11.8 Å². The molecule has 46 heavy (non-hydrogen) atoms. The maximum Gasteiger partial charge on any atom is 0.0708 e. The van der Waals surface area contributed by atoms with Gasteiger partial charge in [0.1, 0.15) is 0 Å². The quantitative estimate of drug-likeness (QED) is 0.200. The van der Waals surface area contributed by atoms with Crippen molar-refractivity contribution in [1.82, 2.24) is 9.97 Å². The molecule has 0 aliphatic carbocycles. The summed E-state index contributed by atoms with van der Waals surface area (Å²) in [6, 6.07) is 54.4. The Hall–Kier alpha value is -5.71. The van der Waals surface area contributed by atoms with E-state index in [-0.39, 0.29) is 0 Å². The van der Waals surface area contributed by atoms with E-state index in [0.717, 1.165) is 49.7 Å². The fourth-order valence-electron chi connectivity index (χ4n) is 6.49. The summed E-state index contributed by atoms with van der Waals surface area (Å²) in [5.74, 6) is 0. The largest absolute Gasteiger partial charge is 0.308 e. The van der Waals surface area contributed by atoms with Gasteiger partial charge in [-0.15, -0.1) is 0 Å². The van der Waals surface area contributed by atoms with Gasteiger partial charge in [0.2, 0.25) is 0 Å². The van der Waals surface area contributed by atoms with Gasteiger partial charge in [0.15, 0.2) is 0 Å². The van der Waals surface area contributed by atoms with E-state index in [2.05, 4.69) is 154 Å². The molecule has 0 bridgehead atoms. The SMILES string of the molecule is c1cc(-c2ccc(-c3ccc4cccnc4c3)cc2-c2ccc3cccnc3c2)cc(N2c3ccccc3Sc3ccccc32)c1. The van der Waals surface area contributed by atoms with Crippen molar-refractivity contribution in [3.05, 3.63) is 164 Å². The Labute approximate surface area is 271 Å². The molecule has 3 heterocycles. The first-order valence-electron chi connectivity index (χ1n) is 15.4. The summed E-state index contributed by atoms with van der Waals surface area (Å²) < 4.78 is 0. The molecule has 0 atom stereocenters. The molecule has 0 amide bonds. The van der Waals surface area contributed by atoms with Gasteiger partial charge >= 0.3 is 0 Å². The zero-order chi connectivity index (χ0) is 30.5. The van der Waals surface area contributed by atoms with E-state index in [1.165, 1.54) is 32.3 Å². The van der Waals surface area contributed by atoms with Crippen LogP contribution in [-0.4, -0.2) is 9.97 Å². The standard InChI is InChI=1S/C42H27N3S/c1-3-14-41-39(12-1)45(40-13-2-4-15-42(40)46-41)34-11-5-8-32(24-34)35-21-20-30(31-18-16-28-9-6-22-43-37(28)26-31)25-36(35)33-19-17-29-10-7-23-44-38(29)27-33/h1-27H. The number of benzene rings is 6. The van der Waals surface area contributed by atoms with Crippen molar-refractivity contribution in [1.29, 1.82) is 0 Å². The van der Waals surface area contributed by atoms with Gasteiger partial charge < -0.3 is 4.90 Å². The minimum atomic E-state index is 0.985. The van der Waals surface area contributed by atoms with Gasteiger partial charge in [0, 0.05) is 38.6 Å². The Morgan fingerprint density at radius 3 is 1.72 bits per heavy atom. The number of rotatable bonds is 4. The Kier molecular flexibility index (Phi) is 6.39. The Morgan fingerprint density at radius 1 is 0.413 bits per heavy atom. The molecule has 0 unspecified atom stereocenters.